The monoisotopic (exact) mass is 380 g/mol. The molecule has 1 amide bonds. The van der Waals surface area contributed by atoms with Gasteiger partial charge in [0.1, 0.15) is 0 Å². The number of ether oxygens (including phenoxy) is 1. The number of hydrogen-bond donors (Lipinski definition) is 2. The molecule has 0 bridgehead atoms. The summed E-state index contributed by atoms with van der Waals surface area (Å²) in [5.41, 5.74) is 1.28. The van der Waals surface area contributed by atoms with E-state index in [1.165, 1.54) is 5.56 Å². The van der Waals surface area contributed by atoms with Gasteiger partial charge >= 0.3 is 0 Å². The van der Waals surface area contributed by atoms with E-state index in [9.17, 15) is 4.79 Å². The van der Waals surface area contributed by atoms with Crippen LogP contribution in [0.5, 0.6) is 0 Å². The Kier molecular flexibility index (Phi) is 5.72. The first-order valence-electron chi connectivity index (χ1n) is 8.52. The fourth-order valence-corrected chi connectivity index (χ4v) is 4.02. The molecule has 1 unspecified atom stereocenters. The van der Waals surface area contributed by atoms with Gasteiger partial charge in [0.15, 0.2) is 0 Å². The van der Waals surface area contributed by atoms with Gasteiger partial charge in [0.25, 0.3) is 0 Å². The largest absolute Gasteiger partial charge is 0.381 e. The van der Waals surface area contributed by atoms with Gasteiger partial charge in [-0.25, -0.2) is 0 Å². The van der Waals surface area contributed by atoms with Crippen molar-refractivity contribution in [3.63, 3.8) is 0 Å². The first-order valence-corrected chi connectivity index (χ1v) is 9.31. The van der Waals surface area contributed by atoms with Gasteiger partial charge in [-0.05, 0) is 49.9 Å². The summed E-state index contributed by atoms with van der Waals surface area (Å²) in [6, 6.07) is 8.47. The molecule has 2 N–H and O–H groups in total. The number of rotatable bonds is 4. The van der Waals surface area contributed by atoms with Gasteiger partial charge < -0.3 is 15.4 Å². The highest BCUT2D eigenvalue weighted by Gasteiger charge is 2.35. The molecule has 2 fully saturated rings. The SMILES string of the molecule is O=C(NCC1(c2cccc(Br)c2)CCOCC1)C1CCCNC1. The van der Waals surface area contributed by atoms with Crippen molar-refractivity contribution in [3.05, 3.63) is 34.3 Å². The number of halogens is 1. The maximum atomic E-state index is 12.5. The third-order valence-corrected chi connectivity index (χ3v) is 5.65. The predicted octanol–water partition coefficient (Wildman–Crippen LogP) is 2.61. The van der Waals surface area contributed by atoms with Crippen LogP contribution in [-0.4, -0.2) is 38.8 Å². The van der Waals surface area contributed by atoms with Gasteiger partial charge in [0, 0.05) is 36.2 Å². The van der Waals surface area contributed by atoms with E-state index >= 15 is 0 Å². The van der Waals surface area contributed by atoms with Crippen molar-refractivity contribution >= 4 is 21.8 Å². The molecule has 0 saturated carbocycles. The van der Waals surface area contributed by atoms with Crippen LogP contribution < -0.4 is 10.6 Å². The lowest BCUT2D eigenvalue weighted by Gasteiger charge is -2.38. The Morgan fingerprint density at radius 2 is 2.22 bits per heavy atom. The van der Waals surface area contributed by atoms with Crippen molar-refractivity contribution in [2.24, 2.45) is 5.92 Å². The summed E-state index contributed by atoms with van der Waals surface area (Å²) in [5, 5.41) is 6.55. The van der Waals surface area contributed by atoms with Gasteiger partial charge in [-0.2, -0.15) is 0 Å². The molecule has 1 aromatic rings. The summed E-state index contributed by atoms with van der Waals surface area (Å²) in [6.07, 6.45) is 3.98. The van der Waals surface area contributed by atoms with Crippen LogP contribution in [0.15, 0.2) is 28.7 Å². The lowest BCUT2D eigenvalue weighted by atomic mass is 9.74. The molecule has 0 aromatic heterocycles. The van der Waals surface area contributed by atoms with Crippen LogP contribution in [0, 0.1) is 5.92 Å². The summed E-state index contributed by atoms with van der Waals surface area (Å²) >= 11 is 3.57. The second-order valence-electron chi connectivity index (χ2n) is 6.66. The predicted molar refractivity (Wildman–Crippen MR) is 94.5 cm³/mol. The molecule has 0 radical (unpaired) electrons. The Balaban J connectivity index is 1.70. The zero-order valence-electron chi connectivity index (χ0n) is 13.4. The first kappa shape index (κ1) is 16.9. The van der Waals surface area contributed by atoms with Gasteiger partial charge in [0.2, 0.25) is 5.91 Å². The van der Waals surface area contributed by atoms with Crippen molar-refractivity contribution in [1.29, 1.82) is 0 Å². The quantitative estimate of drug-likeness (QED) is 0.843. The number of hydrogen-bond acceptors (Lipinski definition) is 3. The standard InChI is InChI=1S/C18H25BrN2O2/c19-16-5-1-4-15(11-16)18(6-9-23-10-7-18)13-21-17(22)14-3-2-8-20-12-14/h1,4-5,11,14,20H,2-3,6-10,12-13H2,(H,21,22). The van der Waals surface area contributed by atoms with Crippen molar-refractivity contribution in [1.82, 2.24) is 10.6 Å². The third-order valence-electron chi connectivity index (χ3n) is 5.16. The lowest BCUT2D eigenvalue weighted by molar-refractivity contribution is -0.126. The van der Waals surface area contributed by atoms with Gasteiger partial charge in [0.05, 0.1) is 5.92 Å². The number of nitrogens with one attached hydrogen (secondary N) is 2. The van der Waals surface area contributed by atoms with Crippen molar-refractivity contribution < 1.29 is 9.53 Å². The van der Waals surface area contributed by atoms with Crippen molar-refractivity contribution in [2.75, 3.05) is 32.8 Å². The van der Waals surface area contributed by atoms with Crippen molar-refractivity contribution in [2.45, 2.75) is 31.1 Å². The highest BCUT2D eigenvalue weighted by atomic mass is 79.9. The van der Waals surface area contributed by atoms with E-state index < -0.39 is 0 Å². The molecule has 4 nitrogen and oxygen atoms in total. The third kappa shape index (κ3) is 4.14. The zero-order chi connectivity index (χ0) is 16.1. The van der Waals surface area contributed by atoms with E-state index in [1.807, 2.05) is 6.07 Å². The van der Waals surface area contributed by atoms with Crippen LogP contribution in [0.3, 0.4) is 0 Å². The van der Waals surface area contributed by atoms with E-state index in [0.29, 0.717) is 6.54 Å². The molecule has 2 saturated heterocycles. The molecule has 23 heavy (non-hydrogen) atoms. The fraction of sp³-hybridized carbons (Fsp3) is 0.611. The minimum Gasteiger partial charge on any atom is -0.381 e. The molecule has 5 heteroatoms. The highest BCUT2D eigenvalue weighted by molar-refractivity contribution is 9.10. The number of carbonyl (C=O) groups excluding carboxylic acids is 1. The van der Waals surface area contributed by atoms with Crippen LogP contribution in [0.1, 0.15) is 31.2 Å². The fourth-order valence-electron chi connectivity index (χ4n) is 3.62. The summed E-state index contributed by atoms with van der Waals surface area (Å²) in [4.78, 5) is 12.5. The highest BCUT2D eigenvalue weighted by Crippen LogP contribution is 2.35. The van der Waals surface area contributed by atoms with Crippen molar-refractivity contribution in [3.8, 4) is 0 Å². The Hall–Kier alpha value is -0.910. The molecule has 1 atom stereocenters. The van der Waals surface area contributed by atoms with Gasteiger partial charge in [-0.3, -0.25) is 4.79 Å². The Bertz CT molecular complexity index is 538. The van der Waals surface area contributed by atoms with E-state index in [0.717, 1.165) is 56.5 Å². The molecule has 0 aliphatic carbocycles. The normalized spacial score (nSPS) is 24.1. The maximum Gasteiger partial charge on any atom is 0.224 e. The smallest absolute Gasteiger partial charge is 0.224 e. The Morgan fingerprint density at radius 3 is 2.91 bits per heavy atom. The van der Waals surface area contributed by atoms with E-state index in [2.05, 4.69) is 44.8 Å². The molecule has 2 heterocycles. The molecule has 1 aromatic carbocycles. The second kappa shape index (κ2) is 7.77. The topological polar surface area (TPSA) is 50.4 Å². The van der Waals surface area contributed by atoms with Crippen LogP contribution in [-0.2, 0) is 14.9 Å². The Morgan fingerprint density at radius 1 is 1.39 bits per heavy atom. The molecule has 126 valence electrons. The average Bonchev–Trinajstić information content (AvgIpc) is 2.61. The number of carbonyl (C=O) groups is 1. The number of piperidine rings is 1. The van der Waals surface area contributed by atoms with E-state index in [-0.39, 0.29) is 17.2 Å². The van der Waals surface area contributed by atoms with Crippen LogP contribution in [0.4, 0.5) is 0 Å². The van der Waals surface area contributed by atoms with E-state index in [1.54, 1.807) is 0 Å². The maximum absolute atomic E-state index is 12.5. The van der Waals surface area contributed by atoms with Crippen LogP contribution in [0.2, 0.25) is 0 Å². The molecule has 0 spiro atoms. The summed E-state index contributed by atoms with van der Waals surface area (Å²) < 4.78 is 6.65. The number of amides is 1. The van der Waals surface area contributed by atoms with Crippen LogP contribution >= 0.6 is 15.9 Å². The summed E-state index contributed by atoms with van der Waals surface area (Å²) in [5.74, 6) is 0.307. The zero-order valence-corrected chi connectivity index (χ0v) is 15.0. The molecule has 2 aliphatic heterocycles. The lowest BCUT2D eigenvalue weighted by Crippen LogP contribution is -2.48. The summed E-state index contributed by atoms with van der Waals surface area (Å²) in [6.45, 7) is 4.05. The molecule has 3 rings (SSSR count). The van der Waals surface area contributed by atoms with Gasteiger partial charge in [-0.1, -0.05) is 28.1 Å². The first-order chi connectivity index (χ1) is 11.2. The number of benzene rings is 1. The minimum atomic E-state index is -0.0141. The summed E-state index contributed by atoms with van der Waals surface area (Å²) in [7, 11) is 0. The Labute approximate surface area is 146 Å². The molecule has 2 aliphatic rings. The van der Waals surface area contributed by atoms with Gasteiger partial charge in [-0.15, -0.1) is 0 Å². The van der Waals surface area contributed by atoms with Crippen LogP contribution in [0.25, 0.3) is 0 Å². The molecular weight excluding hydrogens is 356 g/mol. The molecular formula is C18H25BrN2O2. The second-order valence-corrected chi connectivity index (χ2v) is 7.58. The van der Waals surface area contributed by atoms with E-state index in [4.69, 9.17) is 4.74 Å². The average molecular weight is 381 g/mol. The minimum absolute atomic E-state index is 0.0141.